The molecule has 1 unspecified atom stereocenters. The SMILES string of the molecule is CC(C)C(C)C(=O)N(CC(=O)O)c1cccc(Cl)c1. The molecule has 0 radical (unpaired) electrons. The van der Waals surface area contributed by atoms with Crippen LogP contribution in [0.4, 0.5) is 5.69 Å². The number of amides is 1. The van der Waals surface area contributed by atoms with Gasteiger partial charge < -0.3 is 10.0 Å². The Labute approximate surface area is 118 Å². The van der Waals surface area contributed by atoms with Gasteiger partial charge in [0.25, 0.3) is 0 Å². The molecule has 0 heterocycles. The number of hydrogen-bond donors (Lipinski definition) is 1. The van der Waals surface area contributed by atoms with E-state index < -0.39 is 5.97 Å². The summed E-state index contributed by atoms with van der Waals surface area (Å²) in [5.74, 6) is -1.37. The second-order valence-electron chi connectivity index (χ2n) is 4.83. The number of carboxylic acid groups (broad SMARTS) is 1. The summed E-state index contributed by atoms with van der Waals surface area (Å²) in [6.07, 6.45) is 0. The van der Waals surface area contributed by atoms with Crippen LogP contribution in [0.3, 0.4) is 0 Å². The van der Waals surface area contributed by atoms with Crippen LogP contribution in [-0.2, 0) is 9.59 Å². The van der Waals surface area contributed by atoms with E-state index in [1.807, 2.05) is 13.8 Å². The van der Waals surface area contributed by atoms with Crippen molar-refractivity contribution >= 4 is 29.2 Å². The van der Waals surface area contributed by atoms with Crippen LogP contribution in [0.2, 0.25) is 5.02 Å². The van der Waals surface area contributed by atoms with Gasteiger partial charge in [-0.2, -0.15) is 0 Å². The van der Waals surface area contributed by atoms with E-state index in [0.29, 0.717) is 10.7 Å². The third-order valence-corrected chi connectivity index (χ3v) is 3.30. The van der Waals surface area contributed by atoms with Gasteiger partial charge in [-0.3, -0.25) is 9.59 Å². The van der Waals surface area contributed by atoms with Crippen molar-refractivity contribution in [3.63, 3.8) is 0 Å². The molecule has 0 aromatic heterocycles. The van der Waals surface area contributed by atoms with Crippen LogP contribution >= 0.6 is 11.6 Å². The Morgan fingerprint density at radius 1 is 1.32 bits per heavy atom. The smallest absolute Gasteiger partial charge is 0.323 e. The Hall–Kier alpha value is -1.55. The lowest BCUT2D eigenvalue weighted by atomic mass is 9.96. The lowest BCUT2D eigenvalue weighted by molar-refractivity contribution is -0.137. The molecular formula is C14H18ClNO3. The maximum Gasteiger partial charge on any atom is 0.323 e. The van der Waals surface area contributed by atoms with E-state index in [2.05, 4.69) is 0 Å². The Morgan fingerprint density at radius 3 is 2.42 bits per heavy atom. The van der Waals surface area contributed by atoms with Gasteiger partial charge in [0.1, 0.15) is 6.54 Å². The molecule has 1 aromatic carbocycles. The molecule has 0 aliphatic carbocycles. The zero-order valence-corrected chi connectivity index (χ0v) is 12.0. The highest BCUT2D eigenvalue weighted by Crippen LogP contribution is 2.23. The number of rotatable bonds is 5. The first kappa shape index (κ1) is 15.5. The number of carbonyl (C=O) groups is 2. The molecule has 1 aromatic rings. The van der Waals surface area contributed by atoms with E-state index in [9.17, 15) is 9.59 Å². The first-order chi connectivity index (χ1) is 8.82. The number of aliphatic carboxylic acids is 1. The minimum atomic E-state index is -1.05. The lowest BCUT2D eigenvalue weighted by Crippen LogP contribution is -2.40. The van der Waals surface area contributed by atoms with Crippen LogP contribution in [-0.4, -0.2) is 23.5 Å². The van der Waals surface area contributed by atoms with E-state index in [4.69, 9.17) is 16.7 Å². The highest BCUT2D eigenvalue weighted by molar-refractivity contribution is 6.30. The Kier molecular flexibility index (Phi) is 5.36. The first-order valence-electron chi connectivity index (χ1n) is 6.11. The number of halogens is 1. The minimum Gasteiger partial charge on any atom is -0.480 e. The lowest BCUT2D eigenvalue weighted by Gasteiger charge is -2.26. The average molecular weight is 284 g/mol. The predicted octanol–water partition coefficient (Wildman–Crippen LogP) is 3.05. The highest BCUT2D eigenvalue weighted by atomic mass is 35.5. The zero-order chi connectivity index (χ0) is 14.6. The van der Waals surface area contributed by atoms with Crippen molar-refractivity contribution in [3.8, 4) is 0 Å². The molecule has 5 heteroatoms. The van der Waals surface area contributed by atoms with Gasteiger partial charge in [0.15, 0.2) is 0 Å². The van der Waals surface area contributed by atoms with Gasteiger partial charge in [0.2, 0.25) is 5.91 Å². The third kappa shape index (κ3) is 4.24. The van der Waals surface area contributed by atoms with Gasteiger partial charge in [-0.25, -0.2) is 0 Å². The molecule has 0 saturated carbocycles. The van der Waals surface area contributed by atoms with E-state index in [1.165, 1.54) is 4.90 Å². The fourth-order valence-electron chi connectivity index (χ4n) is 1.61. The largest absolute Gasteiger partial charge is 0.480 e. The number of anilines is 1. The van der Waals surface area contributed by atoms with Gasteiger partial charge in [-0.15, -0.1) is 0 Å². The summed E-state index contributed by atoms with van der Waals surface area (Å²) in [5, 5.41) is 9.43. The summed E-state index contributed by atoms with van der Waals surface area (Å²) in [6.45, 7) is 5.29. The molecule has 0 bridgehead atoms. The fourth-order valence-corrected chi connectivity index (χ4v) is 1.79. The standard InChI is InChI=1S/C14H18ClNO3/c1-9(2)10(3)14(19)16(8-13(17)18)12-6-4-5-11(15)7-12/h4-7,9-10H,8H2,1-3H3,(H,17,18). The zero-order valence-electron chi connectivity index (χ0n) is 11.3. The quantitative estimate of drug-likeness (QED) is 0.903. The van der Waals surface area contributed by atoms with Crippen molar-refractivity contribution in [1.82, 2.24) is 0 Å². The van der Waals surface area contributed by atoms with Crippen LogP contribution in [0.25, 0.3) is 0 Å². The van der Waals surface area contributed by atoms with Gasteiger partial charge in [-0.1, -0.05) is 38.4 Å². The Bertz CT molecular complexity index is 474. The van der Waals surface area contributed by atoms with Crippen molar-refractivity contribution in [2.45, 2.75) is 20.8 Å². The van der Waals surface area contributed by atoms with E-state index in [-0.39, 0.29) is 24.3 Å². The number of hydrogen-bond acceptors (Lipinski definition) is 2. The highest BCUT2D eigenvalue weighted by Gasteiger charge is 2.25. The maximum atomic E-state index is 12.4. The molecule has 0 aliphatic rings. The fraction of sp³-hybridized carbons (Fsp3) is 0.429. The summed E-state index contributed by atoms with van der Waals surface area (Å²) in [6, 6.07) is 6.65. The van der Waals surface area contributed by atoms with E-state index >= 15 is 0 Å². The van der Waals surface area contributed by atoms with E-state index in [1.54, 1.807) is 31.2 Å². The molecule has 104 valence electrons. The van der Waals surface area contributed by atoms with Gasteiger partial charge in [0.05, 0.1) is 0 Å². The van der Waals surface area contributed by atoms with Crippen molar-refractivity contribution in [2.24, 2.45) is 11.8 Å². The van der Waals surface area contributed by atoms with Gasteiger partial charge in [-0.05, 0) is 24.1 Å². The molecule has 1 N–H and O–H groups in total. The number of nitrogens with zero attached hydrogens (tertiary/aromatic N) is 1. The summed E-state index contributed by atoms with van der Waals surface area (Å²) < 4.78 is 0. The summed E-state index contributed by atoms with van der Waals surface area (Å²) >= 11 is 5.89. The normalized spacial score (nSPS) is 12.3. The molecule has 0 spiro atoms. The predicted molar refractivity (Wildman–Crippen MR) is 75.4 cm³/mol. The van der Waals surface area contributed by atoms with Crippen LogP contribution in [0.5, 0.6) is 0 Å². The topological polar surface area (TPSA) is 57.6 Å². The Morgan fingerprint density at radius 2 is 1.95 bits per heavy atom. The minimum absolute atomic E-state index is 0.142. The van der Waals surface area contributed by atoms with Crippen molar-refractivity contribution in [3.05, 3.63) is 29.3 Å². The third-order valence-electron chi connectivity index (χ3n) is 3.07. The van der Waals surface area contributed by atoms with E-state index in [0.717, 1.165) is 0 Å². The van der Waals surface area contributed by atoms with Crippen molar-refractivity contribution in [1.29, 1.82) is 0 Å². The van der Waals surface area contributed by atoms with Crippen LogP contribution in [0, 0.1) is 11.8 Å². The second-order valence-corrected chi connectivity index (χ2v) is 5.27. The monoisotopic (exact) mass is 283 g/mol. The average Bonchev–Trinajstić information content (AvgIpc) is 2.33. The first-order valence-corrected chi connectivity index (χ1v) is 6.49. The molecule has 0 aliphatic heterocycles. The maximum absolute atomic E-state index is 12.4. The molecule has 1 amide bonds. The van der Waals surface area contributed by atoms with Crippen LogP contribution < -0.4 is 4.90 Å². The molecule has 1 rings (SSSR count). The number of carbonyl (C=O) groups excluding carboxylic acids is 1. The van der Waals surface area contributed by atoms with Gasteiger partial charge >= 0.3 is 5.97 Å². The molecule has 0 fully saturated rings. The molecule has 4 nitrogen and oxygen atoms in total. The molecule has 19 heavy (non-hydrogen) atoms. The second kappa shape index (κ2) is 6.57. The van der Waals surface area contributed by atoms with Crippen molar-refractivity contribution < 1.29 is 14.7 Å². The van der Waals surface area contributed by atoms with Crippen LogP contribution in [0.15, 0.2) is 24.3 Å². The summed E-state index contributed by atoms with van der Waals surface area (Å²) in [5.41, 5.74) is 0.507. The number of carboxylic acids is 1. The number of benzene rings is 1. The van der Waals surface area contributed by atoms with Crippen molar-refractivity contribution in [2.75, 3.05) is 11.4 Å². The van der Waals surface area contributed by atoms with Gasteiger partial charge in [0, 0.05) is 16.6 Å². The molecule has 0 saturated heterocycles. The summed E-state index contributed by atoms with van der Waals surface area (Å²) in [4.78, 5) is 24.6. The Balaban J connectivity index is 3.08. The summed E-state index contributed by atoms with van der Waals surface area (Å²) in [7, 11) is 0. The molecular weight excluding hydrogens is 266 g/mol. The van der Waals surface area contributed by atoms with Crippen LogP contribution in [0.1, 0.15) is 20.8 Å². The molecule has 1 atom stereocenters.